The highest BCUT2D eigenvalue weighted by atomic mass is 16.2. The van der Waals surface area contributed by atoms with Crippen molar-refractivity contribution in [1.82, 2.24) is 9.78 Å². The maximum absolute atomic E-state index is 12.3. The molecule has 1 aliphatic rings. The highest BCUT2D eigenvalue weighted by Gasteiger charge is 2.36. The Kier molecular flexibility index (Phi) is 4.10. The summed E-state index contributed by atoms with van der Waals surface area (Å²) in [6, 6.07) is 17.1. The maximum atomic E-state index is 12.3. The van der Waals surface area contributed by atoms with E-state index in [1.807, 2.05) is 66.6 Å². The molecule has 4 rings (SSSR count). The lowest BCUT2D eigenvalue weighted by Gasteiger charge is -2.21. The molecule has 1 atom stereocenters. The molecule has 0 bridgehead atoms. The normalized spacial score (nSPS) is 14.6. The number of nitrogens with zero attached hydrogens (tertiary/aromatic N) is 3. The van der Waals surface area contributed by atoms with Crippen LogP contribution in [-0.4, -0.2) is 35.2 Å². The van der Waals surface area contributed by atoms with Gasteiger partial charge in [0.25, 0.3) is 5.78 Å². The van der Waals surface area contributed by atoms with Crippen molar-refractivity contribution in [2.75, 3.05) is 18.6 Å². The summed E-state index contributed by atoms with van der Waals surface area (Å²) in [6.07, 6.45) is 3.82. The van der Waals surface area contributed by atoms with Gasteiger partial charge in [0.15, 0.2) is 6.67 Å². The third-order valence-corrected chi connectivity index (χ3v) is 4.47. The van der Waals surface area contributed by atoms with E-state index in [1.54, 1.807) is 17.0 Å². The number of amides is 1. The van der Waals surface area contributed by atoms with Crippen LogP contribution in [0, 0.1) is 0 Å². The number of benzene rings is 2. The van der Waals surface area contributed by atoms with E-state index in [1.165, 1.54) is 0 Å². The molecule has 2 heterocycles. The van der Waals surface area contributed by atoms with Gasteiger partial charge in [-0.1, -0.05) is 30.3 Å². The molecule has 1 aromatic heterocycles. The lowest BCUT2D eigenvalue weighted by atomic mass is 10.1. The monoisotopic (exact) mass is 347 g/mol. The summed E-state index contributed by atoms with van der Waals surface area (Å²) >= 11 is 0. The van der Waals surface area contributed by atoms with Gasteiger partial charge in [0.1, 0.15) is 6.54 Å². The second-order valence-corrected chi connectivity index (χ2v) is 6.50. The van der Waals surface area contributed by atoms with Gasteiger partial charge in [0.05, 0.1) is 30.2 Å². The Balaban J connectivity index is 1.47. The zero-order valence-corrected chi connectivity index (χ0v) is 14.4. The summed E-state index contributed by atoms with van der Waals surface area (Å²) in [6.45, 7) is 1.13. The summed E-state index contributed by atoms with van der Waals surface area (Å²) < 4.78 is 1.84. The number of carbonyl (C=O) groups excluding carboxylic acids is 2. The fraction of sp³-hybridized carbons (Fsp3) is 0.150. The number of nitrogens with one attached hydrogen (secondary N) is 1. The van der Waals surface area contributed by atoms with Crippen LogP contribution in [0.4, 0.5) is 5.69 Å². The first-order chi connectivity index (χ1) is 12.6. The smallest absolute Gasteiger partial charge is 0.303 e. The summed E-state index contributed by atoms with van der Waals surface area (Å²) in [4.78, 5) is 27.0. The first-order valence-corrected chi connectivity index (χ1v) is 8.49. The van der Waals surface area contributed by atoms with Gasteiger partial charge in [-0.15, -0.1) is 0 Å². The van der Waals surface area contributed by atoms with E-state index in [9.17, 15) is 9.59 Å². The number of para-hydroxylation sites is 2. The first kappa shape index (κ1) is 16.2. The Bertz CT molecular complexity index is 965. The van der Waals surface area contributed by atoms with Crippen molar-refractivity contribution in [2.24, 2.45) is 0 Å². The van der Waals surface area contributed by atoms with Crippen molar-refractivity contribution >= 4 is 17.4 Å². The zero-order chi connectivity index (χ0) is 18.1. The number of aromatic nitrogens is 2. The molecule has 1 unspecified atom stereocenters. The number of hydrogen-bond acceptors (Lipinski definition) is 3. The van der Waals surface area contributed by atoms with Gasteiger partial charge >= 0.3 is 5.91 Å². The fourth-order valence-electron chi connectivity index (χ4n) is 3.25. The van der Waals surface area contributed by atoms with Crippen molar-refractivity contribution in [3.8, 4) is 5.69 Å². The Morgan fingerprint density at radius 3 is 2.54 bits per heavy atom. The van der Waals surface area contributed by atoms with Crippen LogP contribution in [-0.2, 0) is 11.3 Å². The van der Waals surface area contributed by atoms with Gasteiger partial charge < -0.3 is 4.90 Å². The molecule has 1 amide bonds. The van der Waals surface area contributed by atoms with Crippen LogP contribution in [0.2, 0.25) is 0 Å². The third-order valence-electron chi connectivity index (χ3n) is 4.47. The number of anilines is 1. The van der Waals surface area contributed by atoms with Crippen LogP contribution >= 0.6 is 0 Å². The molecule has 0 saturated carbocycles. The molecule has 0 fully saturated rings. The lowest BCUT2D eigenvalue weighted by molar-refractivity contribution is -0.892. The number of Topliss-reactive ketones (excluding diaryl/α,β-unsaturated/α-hetero) is 1. The number of rotatable bonds is 5. The van der Waals surface area contributed by atoms with E-state index in [-0.39, 0.29) is 0 Å². The molecule has 0 spiro atoms. The number of carbonyl (C=O) groups is 2. The average molecular weight is 347 g/mol. The molecule has 0 radical (unpaired) electrons. The Morgan fingerprint density at radius 1 is 1.00 bits per heavy atom. The minimum absolute atomic E-state index is 0.426. The Hall–Kier alpha value is -3.25. The highest BCUT2D eigenvalue weighted by molar-refractivity contribution is 6.52. The van der Waals surface area contributed by atoms with Gasteiger partial charge in [-0.05, 0) is 24.3 Å². The van der Waals surface area contributed by atoms with E-state index in [0.717, 1.165) is 16.2 Å². The maximum Gasteiger partial charge on any atom is 0.303 e. The van der Waals surface area contributed by atoms with Crippen LogP contribution in [0.15, 0.2) is 67.0 Å². The summed E-state index contributed by atoms with van der Waals surface area (Å²) in [7, 11) is 2.00. The van der Waals surface area contributed by atoms with E-state index in [4.69, 9.17) is 0 Å². The van der Waals surface area contributed by atoms with E-state index in [0.29, 0.717) is 24.5 Å². The van der Waals surface area contributed by atoms with Gasteiger partial charge in [-0.25, -0.2) is 4.68 Å². The van der Waals surface area contributed by atoms with Gasteiger partial charge in [-0.2, -0.15) is 5.10 Å². The van der Waals surface area contributed by atoms with Crippen LogP contribution < -0.4 is 9.80 Å². The summed E-state index contributed by atoms with van der Waals surface area (Å²) in [5, 5.41) is 4.40. The highest BCUT2D eigenvalue weighted by Crippen LogP contribution is 2.27. The molecule has 6 nitrogen and oxygen atoms in total. The molecular formula is C20H19N4O2+. The molecule has 3 aromatic rings. The van der Waals surface area contributed by atoms with Gasteiger partial charge in [0, 0.05) is 11.8 Å². The molecule has 0 saturated heterocycles. The predicted molar refractivity (Wildman–Crippen MR) is 97.3 cm³/mol. The van der Waals surface area contributed by atoms with Crippen molar-refractivity contribution in [3.63, 3.8) is 0 Å². The summed E-state index contributed by atoms with van der Waals surface area (Å²) in [5.41, 5.74) is 3.26. The SMILES string of the molecule is C[NH+](Cc1cnn(-c2ccccc2)c1)CN1C(=O)C(=O)c2ccccc21. The molecule has 1 N–H and O–H groups in total. The van der Waals surface area contributed by atoms with Crippen molar-refractivity contribution < 1.29 is 14.5 Å². The summed E-state index contributed by atoms with van der Waals surface area (Å²) in [5.74, 6) is -0.879. The number of hydrogen-bond donors (Lipinski definition) is 1. The second-order valence-electron chi connectivity index (χ2n) is 6.50. The Morgan fingerprint density at radius 2 is 1.73 bits per heavy atom. The van der Waals surface area contributed by atoms with E-state index >= 15 is 0 Å². The molecule has 2 aromatic carbocycles. The van der Waals surface area contributed by atoms with Crippen molar-refractivity contribution in [3.05, 3.63) is 78.1 Å². The van der Waals surface area contributed by atoms with Gasteiger partial charge in [-0.3, -0.25) is 14.5 Å². The van der Waals surface area contributed by atoms with Crippen LogP contribution in [0.5, 0.6) is 0 Å². The van der Waals surface area contributed by atoms with Crippen LogP contribution in [0.3, 0.4) is 0 Å². The standard InChI is InChI=1S/C20H18N4O2/c1-22(12-15-11-21-24(13-15)16-7-3-2-4-8-16)14-23-18-10-6-5-9-17(18)19(25)20(23)26/h2-11,13H,12,14H2,1H3/p+1. The van der Waals surface area contributed by atoms with Crippen molar-refractivity contribution in [1.29, 1.82) is 0 Å². The van der Waals surface area contributed by atoms with Crippen LogP contribution in [0.25, 0.3) is 5.69 Å². The third kappa shape index (κ3) is 2.91. The van der Waals surface area contributed by atoms with E-state index in [2.05, 4.69) is 5.10 Å². The molecule has 0 aliphatic carbocycles. The predicted octanol–water partition coefficient (Wildman–Crippen LogP) is 1.07. The number of quaternary nitrogens is 1. The first-order valence-electron chi connectivity index (χ1n) is 8.49. The van der Waals surface area contributed by atoms with Crippen molar-refractivity contribution in [2.45, 2.75) is 6.54 Å². The minimum atomic E-state index is -0.453. The molecule has 6 heteroatoms. The molecule has 26 heavy (non-hydrogen) atoms. The van der Waals surface area contributed by atoms with E-state index < -0.39 is 11.7 Å². The molecule has 130 valence electrons. The van der Waals surface area contributed by atoms with Gasteiger partial charge in [0.2, 0.25) is 0 Å². The topological polar surface area (TPSA) is 59.6 Å². The fourth-order valence-corrected chi connectivity index (χ4v) is 3.25. The largest absolute Gasteiger partial charge is 0.316 e. The minimum Gasteiger partial charge on any atom is -0.316 e. The second kappa shape index (κ2) is 6.57. The number of fused-ring (bicyclic) bond motifs is 1. The van der Waals surface area contributed by atoms with Crippen LogP contribution in [0.1, 0.15) is 15.9 Å². The average Bonchev–Trinajstić information content (AvgIpc) is 3.22. The molecule has 1 aliphatic heterocycles. The molecular weight excluding hydrogens is 328 g/mol. The lowest BCUT2D eigenvalue weighted by Crippen LogP contribution is -3.09. The zero-order valence-electron chi connectivity index (χ0n) is 14.4. The quantitative estimate of drug-likeness (QED) is 0.703. The Labute approximate surface area is 151 Å². The number of ketones is 1.